The molecule has 0 N–H and O–H groups in total. The molecule has 0 fully saturated rings. The maximum Gasteiger partial charge on any atom is 0.248 e. The zero-order valence-corrected chi connectivity index (χ0v) is 45.3. The van der Waals surface area contributed by atoms with Crippen LogP contribution in [0.25, 0.3) is 77.2 Å². The lowest BCUT2D eigenvalue weighted by Crippen LogP contribution is -2.69. The summed E-state index contributed by atoms with van der Waals surface area (Å²) < 4.78 is 22.9. The highest BCUT2D eigenvalue weighted by molar-refractivity contribution is 7.87. The normalized spacial score (nSPS) is 14.8. The quantitative estimate of drug-likeness (QED) is 0.123. The number of anilines is 3. The maximum atomic E-state index is 18.0. The summed E-state index contributed by atoms with van der Waals surface area (Å²) in [6.45, 7) is 11.2. The highest BCUT2D eigenvalue weighted by Gasteiger charge is 2.51. The summed E-state index contributed by atoms with van der Waals surface area (Å²) in [7, 11) is -3.67. The maximum absolute atomic E-state index is 18.0. The molecule has 2 aromatic heterocycles. The van der Waals surface area contributed by atoms with Crippen LogP contribution in [-0.2, 0) is 9.98 Å². The second-order valence-electron chi connectivity index (χ2n) is 22.4. The van der Waals surface area contributed by atoms with Gasteiger partial charge in [-0.2, -0.15) is 0 Å². The van der Waals surface area contributed by atoms with Gasteiger partial charge < -0.3 is 18.6 Å². The van der Waals surface area contributed by atoms with E-state index in [9.17, 15) is 0 Å². The molecule has 78 heavy (non-hydrogen) atoms. The number of aromatic nitrogens is 2. The molecule has 0 spiro atoms. The van der Waals surface area contributed by atoms with Gasteiger partial charge in [0.25, 0.3) is 0 Å². The number of fused-ring (bicyclic) bond motifs is 10. The number of hydrogen-bond acceptors (Lipinski definition) is 2. The van der Waals surface area contributed by atoms with Gasteiger partial charge in [0.15, 0.2) is 7.14 Å². The molecule has 13 aromatic rings. The van der Waals surface area contributed by atoms with E-state index < -0.39 is 7.14 Å². The molecule has 1 atom stereocenters. The highest BCUT2D eigenvalue weighted by atomic mass is 31.2. The second-order valence-corrected chi connectivity index (χ2v) is 25.1. The number of rotatable bonds is 6. The van der Waals surface area contributed by atoms with Crippen molar-refractivity contribution in [2.45, 2.75) is 40.0 Å². The van der Waals surface area contributed by atoms with E-state index in [0.29, 0.717) is 0 Å². The molecule has 0 saturated carbocycles. The Hall–Kier alpha value is -8.89. The minimum Gasteiger partial charge on any atom is -0.311 e. The first-order chi connectivity index (χ1) is 38.1. The summed E-state index contributed by atoms with van der Waals surface area (Å²) in [5, 5.41) is 7.54. The van der Waals surface area contributed by atoms with Gasteiger partial charge in [-0.3, -0.25) is 0 Å². The van der Waals surface area contributed by atoms with Gasteiger partial charge in [0.2, 0.25) is 6.71 Å². The largest absolute Gasteiger partial charge is 0.311 e. The van der Waals surface area contributed by atoms with Crippen molar-refractivity contribution < 1.29 is 4.57 Å². The molecular formula is C72H55BN3OP. The van der Waals surface area contributed by atoms with Gasteiger partial charge >= 0.3 is 0 Å². The number of para-hydroxylation sites is 5. The van der Waals surface area contributed by atoms with Crippen molar-refractivity contribution >= 4 is 107 Å². The smallest absolute Gasteiger partial charge is 0.248 e. The van der Waals surface area contributed by atoms with Crippen LogP contribution >= 0.6 is 7.14 Å². The van der Waals surface area contributed by atoms with Crippen LogP contribution in [0.5, 0.6) is 0 Å². The van der Waals surface area contributed by atoms with E-state index in [-0.39, 0.29) is 12.1 Å². The van der Waals surface area contributed by atoms with Crippen molar-refractivity contribution in [3.05, 3.63) is 259 Å². The average molecular weight is 1020 g/mol. The molecule has 4 heterocycles. The first-order valence-corrected chi connectivity index (χ1v) is 28.9. The zero-order valence-electron chi connectivity index (χ0n) is 44.4. The summed E-state index contributed by atoms with van der Waals surface area (Å²) in [5.41, 5.74) is 21.0. The third-order valence-corrected chi connectivity index (χ3v) is 20.4. The molecule has 2 aliphatic heterocycles. The number of nitrogens with zero attached hydrogens (tertiary/aromatic N) is 3. The molecule has 0 radical (unpaired) electrons. The van der Waals surface area contributed by atoms with Crippen molar-refractivity contribution in [1.82, 2.24) is 9.13 Å². The predicted molar refractivity (Wildman–Crippen MR) is 333 cm³/mol. The molecule has 15 rings (SSSR count). The van der Waals surface area contributed by atoms with Crippen LogP contribution in [0.4, 0.5) is 17.1 Å². The number of benzene rings is 11. The van der Waals surface area contributed by atoms with E-state index in [2.05, 4.69) is 285 Å². The Bertz CT molecular complexity index is 4570. The van der Waals surface area contributed by atoms with Crippen molar-refractivity contribution in [3.8, 4) is 33.6 Å². The fourth-order valence-corrected chi connectivity index (χ4v) is 17.0. The monoisotopic (exact) mass is 1020 g/mol. The molecule has 0 aliphatic carbocycles. The van der Waals surface area contributed by atoms with Gasteiger partial charge in [0.1, 0.15) is 0 Å². The molecule has 0 saturated heterocycles. The van der Waals surface area contributed by atoms with Crippen molar-refractivity contribution in [2.24, 2.45) is 0 Å². The van der Waals surface area contributed by atoms with Gasteiger partial charge in [0.05, 0.1) is 33.4 Å². The first kappa shape index (κ1) is 46.4. The minimum absolute atomic E-state index is 0.249. The lowest BCUT2D eigenvalue weighted by Gasteiger charge is -2.45. The second kappa shape index (κ2) is 17.3. The molecule has 6 heteroatoms. The molecule has 2 aliphatic rings. The lowest BCUT2D eigenvalue weighted by molar-refractivity contribution is 0.588. The predicted octanol–water partition coefficient (Wildman–Crippen LogP) is 15.4. The minimum atomic E-state index is -3.67. The Balaban J connectivity index is 1.08. The molecule has 11 aromatic carbocycles. The summed E-state index contributed by atoms with van der Waals surface area (Å²) in [4.78, 5) is 2.57. The fourth-order valence-electron chi connectivity index (χ4n) is 13.5. The standard InChI is InChI=1S/C72H55BN3OP/c1-46-60(74-63-35-18-13-30-54(63)55-31-14-19-36-64(55)74)41-39-58-70(46)76(62-34-17-12-29-53(62)50-26-22-25-49(43-50)48-23-8-6-9-24-48)67-44-51(72(3,4)5)45-68-69(67)73(58)59-40-42-61(47(2)71(59)78(68,77)52-27-10-7-11-28-52)75-65-37-20-15-32-56(65)57-33-16-21-38-66(57)75/h6-45H,1-5H3. The Kier molecular flexibility index (Phi) is 10.3. The summed E-state index contributed by atoms with van der Waals surface area (Å²) in [6.07, 6.45) is 0. The fraction of sp³-hybridized carbons (Fsp3) is 0.0833. The topological polar surface area (TPSA) is 30.2 Å². The summed E-state index contributed by atoms with van der Waals surface area (Å²) >= 11 is 0. The van der Waals surface area contributed by atoms with E-state index in [4.69, 9.17) is 0 Å². The van der Waals surface area contributed by atoms with Crippen molar-refractivity contribution in [3.63, 3.8) is 0 Å². The third-order valence-electron chi connectivity index (χ3n) is 17.1. The number of hydrogen-bond donors (Lipinski definition) is 0. The Morgan fingerprint density at radius 1 is 0.410 bits per heavy atom. The summed E-state index contributed by atoms with van der Waals surface area (Å²) in [6, 6.07) is 88.2. The van der Waals surface area contributed by atoms with Crippen LogP contribution in [0, 0.1) is 13.8 Å². The van der Waals surface area contributed by atoms with Crippen molar-refractivity contribution in [1.29, 1.82) is 0 Å². The SMILES string of the molecule is Cc1c(-n2c3ccccc3c3ccccc32)ccc2c1N(c1ccccc1-c1cccc(-c3ccccc3)c1)c1cc(C(C)(C)C)cc3c1B2c1ccc(-n2c4ccccc4c4ccccc42)c(C)c1P3(=O)c1ccccc1. The molecule has 0 amide bonds. The van der Waals surface area contributed by atoms with Crippen LogP contribution in [0.2, 0.25) is 0 Å². The molecule has 4 nitrogen and oxygen atoms in total. The van der Waals surface area contributed by atoms with Crippen LogP contribution < -0.4 is 37.2 Å². The molecule has 0 bridgehead atoms. The molecular weight excluding hydrogens is 965 g/mol. The van der Waals surface area contributed by atoms with Gasteiger partial charge in [-0.25, -0.2) is 0 Å². The van der Waals surface area contributed by atoms with E-state index in [1.807, 2.05) is 6.07 Å². The summed E-state index contributed by atoms with van der Waals surface area (Å²) in [5.74, 6) is 0. The first-order valence-electron chi connectivity index (χ1n) is 27.2. The van der Waals surface area contributed by atoms with E-state index >= 15 is 4.57 Å². The van der Waals surface area contributed by atoms with Gasteiger partial charge in [-0.05, 0) is 124 Å². The van der Waals surface area contributed by atoms with E-state index in [1.165, 1.54) is 43.6 Å². The van der Waals surface area contributed by atoms with Gasteiger partial charge in [0, 0.05) is 60.1 Å². The van der Waals surface area contributed by atoms with Crippen LogP contribution in [0.15, 0.2) is 243 Å². The Labute approximate surface area is 456 Å². The van der Waals surface area contributed by atoms with E-state index in [0.717, 1.165) is 99.7 Å². The average Bonchev–Trinajstić information content (AvgIpc) is 4.02. The van der Waals surface area contributed by atoms with Gasteiger partial charge in [-0.1, -0.05) is 208 Å². The molecule has 1 unspecified atom stereocenters. The van der Waals surface area contributed by atoms with Crippen LogP contribution in [-0.4, -0.2) is 15.8 Å². The van der Waals surface area contributed by atoms with Crippen LogP contribution in [0.1, 0.15) is 37.5 Å². The van der Waals surface area contributed by atoms with Crippen molar-refractivity contribution in [2.75, 3.05) is 4.90 Å². The Morgan fingerprint density at radius 2 is 0.897 bits per heavy atom. The van der Waals surface area contributed by atoms with Crippen LogP contribution in [0.3, 0.4) is 0 Å². The zero-order chi connectivity index (χ0) is 52.6. The Morgan fingerprint density at radius 3 is 1.49 bits per heavy atom. The van der Waals surface area contributed by atoms with Gasteiger partial charge in [-0.15, -0.1) is 0 Å². The van der Waals surface area contributed by atoms with E-state index in [1.54, 1.807) is 0 Å². The highest BCUT2D eigenvalue weighted by Crippen LogP contribution is 2.52. The third kappa shape index (κ3) is 6.65. The molecule has 372 valence electrons. The lowest BCUT2D eigenvalue weighted by atomic mass is 9.34.